The Balaban J connectivity index is 0.000000905. The van der Waals surface area contributed by atoms with Gasteiger partial charge in [0.1, 0.15) is 11.4 Å². The highest BCUT2D eigenvalue weighted by Crippen LogP contribution is 2.27. The van der Waals surface area contributed by atoms with Gasteiger partial charge in [0.25, 0.3) is 10.0 Å². The lowest BCUT2D eigenvalue weighted by Gasteiger charge is -2.28. The molecule has 38 heavy (non-hydrogen) atoms. The van der Waals surface area contributed by atoms with Crippen LogP contribution >= 0.6 is 0 Å². The van der Waals surface area contributed by atoms with Crippen molar-refractivity contribution < 1.29 is 41.4 Å². The Morgan fingerprint density at radius 3 is 1.79 bits per heavy atom. The Morgan fingerprint density at radius 2 is 1.42 bits per heavy atom. The molecule has 3 N–H and O–H groups in total. The molecule has 2 aromatic rings. The van der Waals surface area contributed by atoms with Crippen molar-refractivity contribution in [2.24, 2.45) is 11.8 Å². The summed E-state index contributed by atoms with van der Waals surface area (Å²) in [5.41, 5.74) is 2.33. The van der Waals surface area contributed by atoms with Crippen LogP contribution in [0.25, 0.3) is 0 Å². The molecule has 0 amide bonds. The largest absolute Gasteiger partial charge is 0.490 e. The minimum atomic E-state index is -5.08. The van der Waals surface area contributed by atoms with Crippen LogP contribution in [0.3, 0.4) is 0 Å². The van der Waals surface area contributed by atoms with Gasteiger partial charge >= 0.3 is 18.1 Å². The first-order valence-electron chi connectivity index (χ1n) is 11.6. The first kappa shape index (κ1) is 32.7. The molecule has 0 aliphatic rings. The van der Waals surface area contributed by atoms with E-state index in [0.717, 1.165) is 5.56 Å². The molecule has 0 saturated heterocycles. The van der Waals surface area contributed by atoms with E-state index in [1.54, 1.807) is 26.0 Å². The first-order chi connectivity index (χ1) is 17.3. The van der Waals surface area contributed by atoms with E-state index >= 15 is 0 Å². The van der Waals surface area contributed by atoms with Crippen molar-refractivity contribution in [1.29, 1.82) is 0 Å². The number of carboxylic acid groups (broad SMARTS) is 2. The maximum absolute atomic E-state index is 13.0. The number of carbonyl (C=O) groups is 2. The number of rotatable bonds is 9. The van der Waals surface area contributed by atoms with Gasteiger partial charge in [0.05, 0.1) is 16.8 Å². The molecular weight excluding hydrogens is 527 g/mol. The quantitative estimate of drug-likeness (QED) is 0.377. The fourth-order valence-corrected chi connectivity index (χ4v) is 5.34. The Labute approximate surface area is 220 Å². The number of sulfonamides is 1. The third-order valence-corrected chi connectivity index (χ3v) is 6.62. The number of hydrogen-bond acceptors (Lipinski definition) is 6. The number of carboxylic acids is 2. The summed E-state index contributed by atoms with van der Waals surface area (Å²) in [4.78, 5) is 27.4. The lowest BCUT2D eigenvalue weighted by Crippen LogP contribution is -2.33. The van der Waals surface area contributed by atoms with Crippen molar-refractivity contribution in [3.05, 3.63) is 46.6 Å². The Bertz CT molecular complexity index is 1230. The number of halogens is 3. The molecule has 1 aromatic heterocycles. The van der Waals surface area contributed by atoms with Crippen molar-refractivity contribution in [3.63, 3.8) is 0 Å². The van der Waals surface area contributed by atoms with Gasteiger partial charge in [-0.3, -0.25) is 4.72 Å². The van der Waals surface area contributed by atoms with E-state index in [1.807, 2.05) is 11.8 Å². The number of pyridine rings is 1. The smallest absolute Gasteiger partial charge is 0.478 e. The highest BCUT2D eigenvalue weighted by Gasteiger charge is 2.38. The fraction of sp³-hybridized carbons (Fsp3) is 0.480. The summed E-state index contributed by atoms with van der Waals surface area (Å²) < 4.78 is 60.3. The average Bonchev–Trinajstić information content (AvgIpc) is 2.70. The third-order valence-electron chi connectivity index (χ3n) is 4.94. The van der Waals surface area contributed by atoms with E-state index in [9.17, 15) is 31.5 Å². The minimum Gasteiger partial charge on any atom is -0.478 e. The maximum atomic E-state index is 13.0. The van der Waals surface area contributed by atoms with E-state index in [4.69, 9.17) is 9.90 Å². The van der Waals surface area contributed by atoms with Gasteiger partial charge < -0.3 is 15.1 Å². The molecule has 1 aromatic carbocycles. The number of anilines is 2. The molecule has 13 heteroatoms. The predicted octanol–water partition coefficient (Wildman–Crippen LogP) is 5.26. The summed E-state index contributed by atoms with van der Waals surface area (Å²) in [5.74, 6) is -2.93. The number of alkyl halides is 3. The molecular formula is C25H34F3N3O6S. The molecule has 0 atom stereocenters. The van der Waals surface area contributed by atoms with Crippen molar-refractivity contribution in [1.82, 2.24) is 4.98 Å². The van der Waals surface area contributed by atoms with Gasteiger partial charge in [-0.05, 0) is 49.8 Å². The predicted molar refractivity (Wildman–Crippen MR) is 138 cm³/mol. The van der Waals surface area contributed by atoms with Crippen LogP contribution in [-0.2, 0) is 14.8 Å². The first-order valence-corrected chi connectivity index (χ1v) is 13.1. The van der Waals surface area contributed by atoms with Crippen molar-refractivity contribution in [2.45, 2.75) is 59.5 Å². The number of benzene rings is 1. The van der Waals surface area contributed by atoms with Gasteiger partial charge in [-0.15, -0.1) is 0 Å². The molecule has 9 nitrogen and oxygen atoms in total. The highest BCUT2D eigenvalue weighted by molar-refractivity contribution is 7.92. The minimum absolute atomic E-state index is 0.0288. The maximum Gasteiger partial charge on any atom is 0.490 e. The third kappa shape index (κ3) is 9.51. The lowest BCUT2D eigenvalue weighted by molar-refractivity contribution is -0.192. The van der Waals surface area contributed by atoms with Crippen LogP contribution in [0.2, 0.25) is 0 Å². The van der Waals surface area contributed by atoms with Crippen LogP contribution in [0.1, 0.15) is 54.7 Å². The summed E-state index contributed by atoms with van der Waals surface area (Å²) >= 11 is 0. The van der Waals surface area contributed by atoms with Gasteiger partial charge in [-0.1, -0.05) is 45.4 Å². The molecule has 0 unspecified atom stereocenters. The zero-order chi connectivity index (χ0) is 29.6. The lowest BCUT2D eigenvalue weighted by atomic mass is 10.1. The molecule has 0 spiro atoms. The van der Waals surface area contributed by atoms with Gasteiger partial charge in [0, 0.05) is 13.1 Å². The van der Waals surface area contributed by atoms with E-state index in [1.165, 1.54) is 12.3 Å². The standard InChI is InChI=1S/C23H33N3O4S.C2HF3O2/c1-14(2)12-26(13-15(3)4)22-20(23(27)28)10-19(11-24-22)25-31(29,30)21-17(6)8-16(5)9-18(21)7;3-2(4,5)1(6)7/h8-11,14-15,25H,12-13H2,1-7H3,(H,27,28);(H,6,7). The molecule has 0 fully saturated rings. The molecule has 0 saturated carbocycles. The van der Waals surface area contributed by atoms with Gasteiger partial charge in [-0.2, -0.15) is 13.2 Å². The second kappa shape index (κ2) is 12.9. The molecule has 2 rings (SSSR count). The zero-order valence-corrected chi connectivity index (χ0v) is 23.2. The number of nitrogens with zero attached hydrogens (tertiary/aromatic N) is 2. The van der Waals surface area contributed by atoms with Crippen molar-refractivity contribution >= 4 is 33.5 Å². The Kier molecular flexibility index (Phi) is 11.1. The average molecular weight is 562 g/mol. The van der Waals surface area contributed by atoms with E-state index < -0.39 is 28.1 Å². The number of aromatic carboxylic acids is 1. The van der Waals surface area contributed by atoms with E-state index in [2.05, 4.69) is 37.4 Å². The SMILES string of the molecule is Cc1cc(C)c(S(=O)(=O)Nc2cnc(N(CC(C)C)CC(C)C)c(C(=O)O)c2)c(C)c1.O=C(O)C(F)(F)F. The van der Waals surface area contributed by atoms with Crippen molar-refractivity contribution in [2.75, 3.05) is 22.7 Å². The number of aryl methyl sites for hydroxylation is 3. The van der Waals surface area contributed by atoms with Crippen LogP contribution in [0.5, 0.6) is 0 Å². The zero-order valence-electron chi connectivity index (χ0n) is 22.3. The van der Waals surface area contributed by atoms with Gasteiger partial charge in [0.15, 0.2) is 0 Å². The number of nitrogens with one attached hydrogen (secondary N) is 1. The van der Waals surface area contributed by atoms with E-state index in [-0.39, 0.29) is 16.1 Å². The summed E-state index contributed by atoms with van der Waals surface area (Å²) in [5, 5.41) is 16.9. The van der Waals surface area contributed by atoms with Crippen LogP contribution in [-0.4, -0.2) is 54.8 Å². The number of hydrogen-bond donors (Lipinski definition) is 3. The van der Waals surface area contributed by atoms with Crippen molar-refractivity contribution in [3.8, 4) is 0 Å². The summed E-state index contributed by atoms with van der Waals surface area (Å²) in [6, 6.07) is 4.96. The van der Waals surface area contributed by atoms with Crippen LogP contribution in [0.4, 0.5) is 24.7 Å². The molecule has 1 heterocycles. The second-order valence-corrected chi connectivity index (χ2v) is 11.3. The molecule has 0 radical (unpaired) electrons. The topological polar surface area (TPSA) is 137 Å². The monoisotopic (exact) mass is 561 g/mol. The van der Waals surface area contributed by atoms with E-state index in [0.29, 0.717) is 41.9 Å². The Hall–Kier alpha value is -3.35. The number of aliphatic carboxylic acids is 1. The molecule has 0 aliphatic carbocycles. The second-order valence-electron chi connectivity index (χ2n) is 9.73. The summed E-state index contributed by atoms with van der Waals surface area (Å²) in [6.45, 7) is 14.9. The summed E-state index contributed by atoms with van der Waals surface area (Å²) in [7, 11) is -3.90. The molecule has 0 aliphatic heterocycles. The number of aromatic nitrogens is 1. The Morgan fingerprint density at radius 1 is 0.974 bits per heavy atom. The van der Waals surface area contributed by atoms with Crippen LogP contribution < -0.4 is 9.62 Å². The molecule has 0 bridgehead atoms. The van der Waals surface area contributed by atoms with Crippen LogP contribution in [0.15, 0.2) is 29.3 Å². The molecule has 212 valence electrons. The summed E-state index contributed by atoms with van der Waals surface area (Å²) in [6.07, 6.45) is -3.70. The van der Waals surface area contributed by atoms with Gasteiger partial charge in [-0.25, -0.2) is 23.0 Å². The normalized spacial score (nSPS) is 11.7. The fourth-order valence-electron chi connectivity index (χ4n) is 3.85. The highest BCUT2D eigenvalue weighted by atomic mass is 32.2. The van der Waals surface area contributed by atoms with Gasteiger partial charge in [0.2, 0.25) is 0 Å². The van der Waals surface area contributed by atoms with Crippen LogP contribution in [0, 0.1) is 32.6 Å².